The normalized spacial score (nSPS) is 13.9. The van der Waals surface area contributed by atoms with Gasteiger partial charge in [0.25, 0.3) is 0 Å². The summed E-state index contributed by atoms with van der Waals surface area (Å²) in [6.07, 6.45) is 1.53. The molecule has 2 atom stereocenters. The molecule has 0 spiro atoms. The molecule has 0 heterocycles. The van der Waals surface area contributed by atoms with Crippen molar-refractivity contribution >= 4 is 5.91 Å². The molecule has 2 unspecified atom stereocenters. The number of halogens is 2. The van der Waals surface area contributed by atoms with Gasteiger partial charge in [0.05, 0.1) is 12.0 Å². The van der Waals surface area contributed by atoms with Crippen LogP contribution in [0.5, 0.6) is 0 Å². The molecule has 0 aliphatic heterocycles. The number of nitrogens with one attached hydrogen (secondary N) is 1. The number of nitrogens with two attached hydrogens (primary N) is 1. The zero-order valence-electron chi connectivity index (χ0n) is 11.2. The van der Waals surface area contributed by atoms with Gasteiger partial charge < -0.3 is 11.1 Å². The van der Waals surface area contributed by atoms with E-state index in [-0.39, 0.29) is 23.9 Å². The van der Waals surface area contributed by atoms with Crippen LogP contribution in [0.4, 0.5) is 8.78 Å². The van der Waals surface area contributed by atoms with Crippen LogP contribution in [0.25, 0.3) is 0 Å². The lowest BCUT2D eigenvalue weighted by atomic mass is 10.0. The first-order valence-electron chi connectivity index (χ1n) is 6.45. The zero-order valence-corrected chi connectivity index (χ0v) is 11.2. The summed E-state index contributed by atoms with van der Waals surface area (Å²) in [5, 5.41) is 2.67. The Hall–Kier alpha value is -1.49. The molecule has 0 radical (unpaired) electrons. The van der Waals surface area contributed by atoms with Crippen molar-refractivity contribution < 1.29 is 13.6 Å². The van der Waals surface area contributed by atoms with Gasteiger partial charge in [0.1, 0.15) is 11.6 Å². The second-order valence-corrected chi connectivity index (χ2v) is 4.62. The third kappa shape index (κ3) is 4.28. The molecular formula is C14H20F2N2O. The molecule has 1 aromatic rings. The molecule has 106 valence electrons. The first-order chi connectivity index (χ1) is 8.99. The van der Waals surface area contributed by atoms with Crippen molar-refractivity contribution in [3.8, 4) is 0 Å². The maximum atomic E-state index is 13.6. The minimum Gasteiger partial charge on any atom is -0.349 e. The predicted molar refractivity (Wildman–Crippen MR) is 70.4 cm³/mol. The van der Waals surface area contributed by atoms with E-state index in [9.17, 15) is 13.6 Å². The Balaban J connectivity index is 2.75. The lowest BCUT2D eigenvalue weighted by Gasteiger charge is -2.19. The molecule has 0 saturated heterocycles. The van der Waals surface area contributed by atoms with E-state index in [1.54, 1.807) is 6.92 Å². The minimum absolute atomic E-state index is 0.139. The number of amides is 1. The fourth-order valence-electron chi connectivity index (χ4n) is 1.96. The third-order valence-electron chi connectivity index (χ3n) is 3.08. The van der Waals surface area contributed by atoms with Crippen LogP contribution in [0.1, 0.15) is 38.3 Å². The molecule has 5 heteroatoms. The molecule has 1 rings (SSSR count). The summed E-state index contributed by atoms with van der Waals surface area (Å²) in [7, 11) is 0. The van der Waals surface area contributed by atoms with Crippen molar-refractivity contribution in [2.75, 3.05) is 6.54 Å². The van der Waals surface area contributed by atoms with Gasteiger partial charge in [-0.2, -0.15) is 0 Å². The van der Waals surface area contributed by atoms with Crippen LogP contribution in [0, 0.1) is 17.6 Å². The van der Waals surface area contributed by atoms with Gasteiger partial charge in [0.2, 0.25) is 5.91 Å². The van der Waals surface area contributed by atoms with Crippen molar-refractivity contribution in [1.82, 2.24) is 5.32 Å². The highest BCUT2D eigenvalue weighted by Gasteiger charge is 2.20. The smallest absolute Gasteiger partial charge is 0.224 e. The molecule has 0 aliphatic rings. The van der Waals surface area contributed by atoms with Crippen molar-refractivity contribution in [2.45, 2.75) is 32.7 Å². The van der Waals surface area contributed by atoms with Gasteiger partial charge in [-0.1, -0.05) is 13.3 Å². The van der Waals surface area contributed by atoms with E-state index >= 15 is 0 Å². The highest BCUT2D eigenvalue weighted by Crippen LogP contribution is 2.18. The van der Waals surface area contributed by atoms with Gasteiger partial charge in [-0.3, -0.25) is 4.79 Å². The Morgan fingerprint density at radius 2 is 2.11 bits per heavy atom. The summed E-state index contributed by atoms with van der Waals surface area (Å²) >= 11 is 0. The molecule has 0 saturated carbocycles. The summed E-state index contributed by atoms with van der Waals surface area (Å²) in [6.45, 7) is 3.83. The summed E-state index contributed by atoms with van der Waals surface area (Å²) < 4.78 is 26.6. The van der Waals surface area contributed by atoms with E-state index in [0.29, 0.717) is 6.42 Å². The molecule has 3 N–H and O–H groups in total. The summed E-state index contributed by atoms with van der Waals surface area (Å²) in [5.74, 6) is -1.57. The van der Waals surface area contributed by atoms with Crippen LogP contribution >= 0.6 is 0 Å². The Morgan fingerprint density at radius 3 is 2.68 bits per heavy atom. The molecule has 0 aromatic heterocycles. The first-order valence-corrected chi connectivity index (χ1v) is 6.45. The van der Waals surface area contributed by atoms with E-state index in [0.717, 1.165) is 24.6 Å². The number of hydrogen-bond donors (Lipinski definition) is 2. The van der Waals surface area contributed by atoms with Crippen molar-refractivity contribution in [3.63, 3.8) is 0 Å². The lowest BCUT2D eigenvalue weighted by molar-refractivity contribution is -0.125. The Morgan fingerprint density at radius 1 is 1.42 bits per heavy atom. The predicted octanol–water partition coefficient (Wildman–Crippen LogP) is 2.52. The van der Waals surface area contributed by atoms with Crippen LogP contribution in [-0.4, -0.2) is 12.5 Å². The average molecular weight is 270 g/mol. The second-order valence-electron chi connectivity index (χ2n) is 4.62. The van der Waals surface area contributed by atoms with Crippen molar-refractivity contribution in [1.29, 1.82) is 0 Å². The van der Waals surface area contributed by atoms with Gasteiger partial charge in [-0.15, -0.1) is 0 Å². The molecule has 1 aromatic carbocycles. The van der Waals surface area contributed by atoms with Crippen LogP contribution < -0.4 is 11.1 Å². The number of benzene rings is 1. The zero-order chi connectivity index (χ0) is 14.4. The number of carbonyl (C=O) groups excluding carboxylic acids is 1. The summed E-state index contributed by atoms with van der Waals surface area (Å²) in [5.41, 5.74) is 5.67. The van der Waals surface area contributed by atoms with Gasteiger partial charge in [0.15, 0.2) is 0 Å². The van der Waals surface area contributed by atoms with Crippen LogP contribution in [0.15, 0.2) is 18.2 Å². The largest absolute Gasteiger partial charge is 0.349 e. The van der Waals surface area contributed by atoms with Crippen LogP contribution in [0.3, 0.4) is 0 Å². The van der Waals surface area contributed by atoms with Crippen LogP contribution in [0.2, 0.25) is 0 Å². The maximum Gasteiger partial charge on any atom is 0.224 e. The van der Waals surface area contributed by atoms with Gasteiger partial charge in [-0.05, 0) is 31.5 Å². The van der Waals surface area contributed by atoms with Crippen LogP contribution in [-0.2, 0) is 4.79 Å². The quantitative estimate of drug-likeness (QED) is 0.834. The van der Waals surface area contributed by atoms with Gasteiger partial charge >= 0.3 is 0 Å². The van der Waals surface area contributed by atoms with Gasteiger partial charge in [0, 0.05) is 12.1 Å². The topological polar surface area (TPSA) is 55.1 Å². The Kier molecular flexibility index (Phi) is 5.89. The Labute approximate surface area is 112 Å². The summed E-state index contributed by atoms with van der Waals surface area (Å²) in [6, 6.07) is 2.61. The first kappa shape index (κ1) is 15.6. The number of hydrogen-bond acceptors (Lipinski definition) is 2. The highest BCUT2D eigenvalue weighted by molar-refractivity contribution is 5.79. The SMILES string of the molecule is CCCC(CN)C(=O)NC(C)c1cc(F)ccc1F. The molecule has 19 heavy (non-hydrogen) atoms. The van der Waals surface area contributed by atoms with E-state index in [4.69, 9.17) is 5.73 Å². The van der Waals surface area contributed by atoms with E-state index < -0.39 is 17.7 Å². The molecule has 0 bridgehead atoms. The highest BCUT2D eigenvalue weighted by atomic mass is 19.1. The number of rotatable bonds is 6. The van der Waals surface area contributed by atoms with E-state index in [2.05, 4.69) is 5.32 Å². The standard InChI is InChI=1S/C14H20F2N2O/c1-3-4-10(8-17)14(19)18-9(2)12-7-11(15)5-6-13(12)16/h5-7,9-10H,3-4,8,17H2,1-2H3,(H,18,19). The van der Waals surface area contributed by atoms with Crippen molar-refractivity contribution in [3.05, 3.63) is 35.4 Å². The second kappa shape index (κ2) is 7.19. The van der Waals surface area contributed by atoms with E-state index in [1.807, 2.05) is 6.92 Å². The fourth-order valence-corrected chi connectivity index (χ4v) is 1.96. The third-order valence-corrected chi connectivity index (χ3v) is 3.08. The monoisotopic (exact) mass is 270 g/mol. The Bertz CT molecular complexity index is 437. The minimum atomic E-state index is -0.589. The fraction of sp³-hybridized carbons (Fsp3) is 0.500. The summed E-state index contributed by atoms with van der Waals surface area (Å²) in [4.78, 5) is 11.9. The molecular weight excluding hydrogens is 250 g/mol. The lowest BCUT2D eigenvalue weighted by Crippen LogP contribution is -2.36. The molecule has 1 amide bonds. The molecule has 3 nitrogen and oxygen atoms in total. The maximum absolute atomic E-state index is 13.6. The molecule has 0 fully saturated rings. The number of carbonyl (C=O) groups is 1. The average Bonchev–Trinajstić information content (AvgIpc) is 2.38. The molecule has 0 aliphatic carbocycles. The van der Waals surface area contributed by atoms with Gasteiger partial charge in [-0.25, -0.2) is 8.78 Å². The van der Waals surface area contributed by atoms with E-state index in [1.165, 1.54) is 0 Å². The van der Waals surface area contributed by atoms with Crippen molar-refractivity contribution in [2.24, 2.45) is 11.7 Å².